The van der Waals surface area contributed by atoms with E-state index in [2.05, 4.69) is 9.97 Å². The Kier molecular flexibility index (Phi) is 4.97. The van der Waals surface area contributed by atoms with Crippen LogP contribution in [-0.4, -0.2) is 52.1 Å². The average Bonchev–Trinajstić information content (AvgIpc) is 2.67. The Morgan fingerprint density at radius 1 is 1.21 bits per heavy atom. The molecule has 2 aromatic rings. The van der Waals surface area contributed by atoms with E-state index in [1.165, 1.54) is 23.0 Å². The molecule has 0 aromatic carbocycles. The van der Waals surface area contributed by atoms with Gasteiger partial charge in [-0.05, 0) is 32.4 Å². The van der Waals surface area contributed by atoms with Crippen LogP contribution >= 0.6 is 0 Å². The number of anilines is 3. The minimum absolute atomic E-state index is 0.0139. The van der Waals surface area contributed by atoms with Crippen LogP contribution in [-0.2, 0) is 11.3 Å². The van der Waals surface area contributed by atoms with E-state index in [1.54, 1.807) is 12.1 Å². The number of rotatable bonds is 2. The van der Waals surface area contributed by atoms with Crippen LogP contribution in [0.4, 0.5) is 30.6 Å². The fourth-order valence-electron chi connectivity index (χ4n) is 4.09. The Balaban J connectivity index is 1.87. The number of hydrogen-bond acceptors (Lipinski definition) is 6. The van der Waals surface area contributed by atoms with Gasteiger partial charge in [-0.3, -0.25) is 19.2 Å². The van der Waals surface area contributed by atoms with E-state index in [9.17, 15) is 18.0 Å². The minimum Gasteiger partial charge on any atom is -0.377 e. The molecule has 0 bridgehead atoms. The molecule has 7 nitrogen and oxygen atoms in total. The van der Waals surface area contributed by atoms with Crippen LogP contribution in [0.5, 0.6) is 0 Å². The topological polar surface area (TPSA) is 63.5 Å². The maximum atomic E-state index is 13.8. The van der Waals surface area contributed by atoms with Crippen LogP contribution in [0.25, 0.3) is 0 Å². The first-order chi connectivity index (χ1) is 13.8. The van der Waals surface area contributed by atoms with E-state index >= 15 is 0 Å². The predicted molar refractivity (Wildman–Crippen MR) is 102 cm³/mol. The summed E-state index contributed by atoms with van der Waals surface area (Å²) in [6, 6.07) is 2.62. The summed E-state index contributed by atoms with van der Waals surface area (Å²) < 4.78 is 48.4. The number of ether oxygens (including phenoxy) is 1. The van der Waals surface area contributed by atoms with Crippen molar-refractivity contribution >= 4 is 17.5 Å². The Bertz CT molecular complexity index is 924. The fourth-order valence-corrected chi connectivity index (χ4v) is 4.09. The molecule has 0 spiro atoms. The van der Waals surface area contributed by atoms with Crippen molar-refractivity contribution in [2.45, 2.75) is 51.1 Å². The number of aromatic nitrogens is 3. The SMILES string of the molecule is CC1COCC(C)N1c1cc(=O)n2c(n1)N(c1cccnc1)C(C(F)(F)F)CC2. The summed E-state index contributed by atoms with van der Waals surface area (Å²) in [5.74, 6) is 0.348. The van der Waals surface area contributed by atoms with E-state index in [-0.39, 0.29) is 42.2 Å². The van der Waals surface area contributed by atoms with Gasteiger partial charge in [0.05, 0.1) is 37.2 Å². The van der Waals surface area contributed by atoms with Gasteiger partial charge in [0, 0.05) is 18.8 Å². The highest BCUT2D eigenvalue weighted by molar-refractivity contribution is 5.61. The molecule has 0 N–H and O–H groups in total. The second-order valence-electron chi connectivity index (χ2n) is 7.47. The smallest absolute Gasteiger partial charge is 0.377 e. The van der Waals surface area contributed by atoms with Crippen LogP contribution in [0.15, 0.2) is 35.4 Å². The Hall–Kier alpha value is -2.62. The third kappa shape index (κ3) is 3.57. The molecular formula is C19H22F3N5O2. The molecule has 0 saturated carbocycles. The third-order valence-corrected chi connectivity index (χ3v) is 5.36. The monoisotopic (exact) mass is 409 g/mol. The molecule has 2 aromatic heterocycles. The first kappa shape index (κ1) is 19.7. The zero-order chi connectivity index (χ0) is 20.8. The van der Waals surface area contributed by atoms with Gasteiger partial charge in [0.15, 0.2) is 0 Å². The van der Waals surface area contributed by atoms with Crippen molar-refractivity contribution in [3.8, 4) is 0 Å². The minimum atomic E-state index is -4.48. The second kappa shape index (κ2) is 7.33. The second-order valence-corrected chi connectivity index (χ2v) is 7.47. The van der Waals surface area contributed by atoms with Gasteiger partial charge in [0.25, 0.3) is 5.56 Å². The Morgan fingerprint density at radius 3 is 2.55 bits per heavy atom. The zero-order valence-corrected chi connectivity index (χ0v) is 16.1. The molecule has 0 aliphatic carbocycles. The summed E-state index contributed by atoms with van der Waals surface area (Å²) in [6.45, 7) is 4.75. The molecule has 3 atom stereocenters. The van der Waals surface area contributed by atoms with Gasteiger partial charge >= 0.3 is 6.18 Å². The van der Waals surface area contributed by atoms with Crippen molar-refractivity contribution in [2.75, 3.05) is 23.0 Å². The van der Waals surface area contributed by atoms with Gasteiger partial charge in [-0.1, -0.05) is 0 Å². The summed E-state index contributed by atoms with van der Waals surface area (Å²) in [4.78, 5) is 24.3. The van der Waals surface area contributed by atoms with Crippen molar-refractivity contribution in [2.24, 2.45) is 0 Å². The first-order valence-electron chi connectivity index (χ1n) is 9.51. The van der Waals surface area contributed by atoms with Crippen LogP contribution < -0.4 is 15.4 Å². The van der Waals surface area contributed by atoms with Crippen molar-refractivity contribution in [3.63, 3.8) is 0 Å². The Morgan fingerprint density at radius 2 is 1.93 bits per heavy atom. The highest BCUT2D eigenvalue weighted by atomic mass is 19.4. The van der Waals surface area contributed by atoms with Crippen LogP contribution in [0.1, 0.15) is 20.3 Å². The highest BCUT2D eigenvalue weighted by Crippen LogP contribution is 2.39. The van der Waals surface area contributed by atoms with Gasteiger partial charge in [-0.2, -0.15) is 18.2 Å². The normalized spacial score (nSPS) is 25.1. The molecule has 2 aliphatic rings. The largest absolute Gasteiger partial charge is 0.409 e. The van der Waals surface area contributed by atoms with Crippen molar-refractivity contribution in [1.29, 1.82) is 0 Å². The summed E-state index contributed by atoms with van der Waals surface area (Å²) in [5.41, 5.74) is -0.124. The van der Waals surface area contributed by atoms with Crippen molar-refractivity contribution < 1.29 is 17.9 Å². The summed E-state index contributed by atoms with van der Waals surface area (Å²) >= 11 is 0. The number of morpholine rings is 1. The molecule has 4 rings (SSSR count). The number of pyridine rings is 1. The van der Waals surface area contributed by atoms with E-state index in [1.807, 2.05) is 18.7 Å². The summed E-state index contributed by atoms with van der Waals surface area (Å²) in [7, 11) is 0. The van der Waals surface area contributed by atoms with Gasteiger partial charge in [-0.25, -0.2) is 0 Å². The van der Waals surface area contributed by atoms with Crippen LogP contribution in [0, 0.1) is 0 Å². The quantitative estimate of drug-likeness (QED) is 0.760. The maximum absolute atomic E-state index is 13.8. The lowest BCUT2D eigenvalue weighted by Gasteiger charge is -2.42. The highest BCUT2D eigenvalue weighted by Gasteiger charge is 2.47. The van der Waals surface area contributed by atoms with Gasteiger partial charge < -0.3 is 9.64 Å². The van der Waals surface area contributed by atoms with Gasteiger partial charge in [0.1, 0.15) is 11.9 Å². The molecule has 3 unspecified atom stereocenters. The summed E-state index contributed by atoms with van der Waals surface area (Å²) in [6.07, 6.45) is -1.87. The van der Waals surface area contributed by atoms with Gasteiger partial charge in [-0.15, -0.1) is 0 Å². The lowest BCUT2D eigenvalue weighted by atomic mass is 10.1. The lowest BCUT2D eigenvalue weighted by molar-refractivity contribution is -0.150. The standard InChI is InChI=1S/C19H22F3N5O2/c1-12-10-29-11-13(2)26(12)16-8-17(28)25-7-5-15(19(20,21)22)27(18(25)24-16)14-4-3-6-23-9-14/h3-4,6,8-9,12-13,15H,5,7,10-11H2,1-2H3. The zero-order valence-electron chi connectivity index (χ0n) is 16.1. The number of nitrogens with zero attached hydrogens (tertiary/aromatic N) is 5. The molecule has 4 heterocycles. The molecule has 29 heavy (non-hydrogen) atoms. The average molecular weight is 409 g/mol. The number of halogens is 3. The maximum Gasteiger partial charge on any atom is 0.409 e. The molecule has 10 heteroatoms. The predicted octanol–water partition coefficient (Wildman–Crippen LogP) is 2.72. The molecule has 0 radical (unpaired) electrons. The lowest BCUT2D eigenvalue weighted by Crippen LogP contribution is -2.52. The van der Waals surface area contributed by atoms with E-state index in [0.717, 1.165) is 4.90 Å². The molecule has 0 amide bonds. The number of alkyl halides is 3. The molecule has 156 valence electrons. The van der Waals surface area contributed by atoms with Crippen LogP contribution in [0.2, 0.25) is 0 Å². The molecule has 1 saturated heterocycles. The first-order valence-corrected chi connectivity index (χ1v) is 9.51. The summed E-state index contributed by atoms with van der Waals surface area (Å²) in [5, 5.41) is 0. The van der Waals surface area contributed by atoms with E-state index in [4.69, 9.17) is 4.74 Å². The fraction of sp³-hybridized carbons (Fsp3) is 0.526. The molecule has 2 aliphatic heterocycles. The van der Waals surface area contributed by atoms with Crippen molar-refractivity contribution in [3.05, 3.63) is 40.9 Å². The number of fused-ring (bicyclic) bond motifs is 1. The van der Waals surface area contributed by atoms with Crippen molar-refractivity contribution in [1.82, 2.24) is 14.5 Å². The van der Waals surface area contributed by atoms with E-state index < -0.39 is 12.2 Å². The molecule has 1 fully saturated rings. The Labute approximate surface area is 165 Å². The van der Waals surface area contributed by atoms with Gasteiger partial charge in [0.2, 0.25) is 5.95 Å². The van der Waals surface area contributed by atoms with E-state index in [0.29, 0.717) is 19.0 Å². The molecular weight excluding hydrogens is 387 g/mol. The number of hydrogen-bond donors (Lipinski definition) is 0. The third-order valence-electron chi connectivity index (χ3n) is 5.36. The van der Waals surface area contributed by atoms with Crippen LogP contribution in [0.3, 0.4) is 0 Å².